The summed E-state index contributed by atoms with van der Waals surface area (Å²) < 4.78 is 10.8. The normalized spacial score (nSPS) is 39.5. The summed E-state index contributed by atoms with van der Waals surface area (Å²) in [6.07, 6.45) is 9.78. The number of carbonyl (C=O) groups is 1. The van der Waals surface area contributed by atoms with Gasteiger partial charge >= 0.3 is 5.97 Å². The van der Waals surface area contributed by atoms with E-state index in [9.17, 15) is 4.79 Å². The summed E-state index contributed by atoms with van der Waals surface area (Å²) in [6, 6.07) is 0. The fourth-order valence-electron chi connectivity index (χ4n) is 5.11. The Morgan fingerprint density at radius 1 is 1.11 bits per heavy atom. The molecule has 4 aliphatic carbocycles. The van der Waals surface area contributed by atoms with Crippen LogP contribution in [0, 0.1) is 23.2 Å². The van der Waals surface area contributed by atoms with E-state index in [2.05, 4.69) is 0 Å². The number of esters is 1. The van der Waals surface area contributed by atoms with Crippen LogP contribution in [0.25, 0.3) is 0 Å². The van der Waals surface area contributed by atoms with Crippen molar-refractivity contribution in [2.24, 2.45) is 23.2 Å². The van der Waals surface area contributed by atoms with Crippen LogP contribution in [0.5, 0.6) is 0 Å². The molecule has 0 unspecified atom stereocenters. The lowest BCUT2D eigenvalue weighted by atomic mass is 9.50. The van der Waals surface area contributed by atoms with Crippen molar-refractivity contribution in [3.8, 4) is 0 Å². The molecule has 4 aliphatic rings. The van der Waals surface area contributed by atoms with Crippen molar-refractivity contribution in [1.82, 2.24) is 0 Å². The standard InChI is InChI=1S/C16H26O3/c1-2-3-15(17)19-11-18-10-16-7-12-4-13(8-16)6-14(5-12)9-16/h12-14H,2-11H2,1H3. The molecule has 0 aromatic rings. The Kier molecular flexibility index (Phi) is 3.84. The van der Waals surface area contributed by atoms with Crippen molar-refractivity contribution in [1.29, 1.82) is 0 Å². The minimum atomic E-state index is -0.131. The third kappa shape index (κ3) is 2.96. The highest BCUT2D eigenvalue weighted by Gasteiger charge is 2.50. The third-order valence-electron chi connectivity index (χ3n) is 5.33. The molecule has 108 valence electrons. The van der Waals surface area contributed by atoms with Crippen LogP contribution in [0.2, 0.25) is 0 Å². The Labute approximate surface area is 116 Å². The second kappa shape index (κ2) is 5.43. The SMILES string of the molecule is CCCC(=O)OCOCC12CC3CC(CC(C3)C1)C2. The van der Waals surface area contributed by atoms with E-state index in [0.717, 1.165) is 30.8 Å². The smallest absolute Gasteiger partial charge is 0.307 e. The van der Waals surface area contributed by atoms with E-state index in [4.69, 9.17) is 9.47 Å². The molecule has 0 spiro atoms. The molecule has 0 saturated heterocycles. The summed E-state index contributed by atoms with van der Waals surface area (Å²) in [6.45, 7) is 2.94. The zero-order valence-corrected chi connectivity index (χ0v) is 12.0. The Balaban J connectivity index is 1.44. The second-order valence-electron chi connectivity index (χ2n) is 7.15. The van der Waals surface area contributed by atoms with Gasteiger partial charge in [0.25, 0.3) is 0 Å². The van der Waals surface area contributed by atoms with E-state index in [-0.39, 0.29) is 12.8 Å². The van der Waals surface area contributed by atoms with Gasteiger partial charge in [0.2, 0.25) is 0 Å². The van der Waals surface area contributed by atoms with E-state index in [1.165, 1.54) is 38.5 Å². The summed E-state index contributed by atoms with van der Waals surface area (Å²) in [5.74, 6) is 2.74. The van der Waals surface area contributed by atoms with Crippen LogP contribution in [0.3, 0.4) is 0 Å². The lowest BCUT2D eigenvalue weighted by Crippen LogP contribution is -2.48. The molecule has 0 amide bonds. The van der Waals surface area contributed by atoms with Gasteiger partial charge in [0.1, 0.15) is 0 Å². The molecule has 0 N–H and O–H groups in total. The first-order valence-electron chi connectivity index (χ1n) is 7.92. The summed E-state index contributed by atoms with van der Waals surface area (Å²) in [7, 11) is 0. The molecule has 0 aliphatic heterocycles. The lowest BCUT2D eigenvalue weighted by molar-refractivity contribution is -0.166. The molecular weight excluding hydrogens is 240 g/mol. The van der Waals surface area contributed by atoms with Gasteiger partial charge in [0, 0.05) is 6.42 Å². The zero-order valence-electron chi connectivity index (χ0n) is 12.0. The zero-order chi connectivity index (χ0) is 13.3. The van der Waals surface area contributed by atoms with Crippen LogP contribution in [0.15, 0.2) is 0 Å². The number of ether oxygens (including phenoxy) is 2. The molecule has 3 heteroatoms. The fraction of sp³-hybridized carbons (Fsp3) is 0.938. The molecule has 0 heterocycles. The molecule has 0 radical (unpaired) electrons. The predicted molar refractivity (Wildman–Crippen MR) is 72.4 cm³/mol. The summed E-state index contributed by atoms with van der Waals surface area (Å²) in [5.41, 5.74) is 0.423. The molecule has 4 saturated carbocycles. The maximum absolute atomic E-state index is 11.3. The molecule has 0 atom stereocenters. The monoisotopic (exact) mass is 266 g/mol. The van der Waals surface area contributed by atoms with Crippen LogP contribution >= 0.6 is 0 Å². The summed E-state index contributed by atoms with van der Waals surface area (Å²) in [5, 5.41) is 0. The van der Waals surface area contributed by atoms with E-state index in [1.807, 2.05) is 6.92 Å². The molecule has 4 fully saturated rings. The van der Waals surface area contributed by atoms with Crippen molar-refractivity contribution in [2.75, 3.05) is 13.4 Å². The van der Waals surface area contributed by atoms with Gasteiger partial charge in [-0.25, -0.2) is 0 Å². The van der Waals surface area contributed by atoms with Gasteiger partial charge < -0.3 is 9.47 Å². The van der Waals surface area contributed by atoms with Gasteiger partial charge in [-0.3, -0.25) is 4.79 Å². The molecular formula is C16H26O3. The summed E-state index contributed by atoms with van der Waals surface area (Å²) >= 11 is 0. The van der Waals surface area contributed by atoms with Crippen LogP contribution in [0.4, 0.5) is 0 Å². The lowest BCUT2D eigenvalue weighted by Gasteiger charge is -2.56. The average molecular weight is 266 g/mol. The summed E-state index contributed by atoms with van der Waals surface area (Å²) in [4.78, 5) is 11.3. The van der Waals surface area contributed by atoms with Crippen molar-refractivity contribution >= 4 is 5.97 Å². The van der Waals surface area contributed by atoms with Crippen LogP contribution < -0.4 is 0 Å². The highest BCUT2D eigenvalue weighted by atomic mass is 16.7. The first-order valence-corrected chi connectivity index (χ1v) is 7.92. The second-order valence-corrected chi connectivity index (χ2v) is 7.15. The number of rotatable bonds is 6. The van der Waals surface area contributed by atoms with Crippen molar-refractivity contribution in [3.05, 3.63) is 0 Å². The first kappa shape index (κ1) is 13.4. The van der Waals surface area contributed by atoms with Gasteiger partial charge in [-0.05, 0) is 68.1 Å². The molecule has 4 rings (SSSR count). The molecule has 0 aromatic carbocycles. The van der Waals surface area contributed by atoms with Crippen LogP contribution in [0.1, 0.15) is 58.3 Å². The number of carbonyl (C=O) groups excluding carboxylic acids is 1. The van der Waals surface area contributed by atoms with Crippen LogP contribution in [-0.2, 0) is 14.3 Å². The van der Waals surface area contributed by atoms with Gasteiger partial charge in [-0.2, -0.15) is 0 Å². The highest BCUT2D eigenvalue weighted by molar-refractivity contribution is 5.69. The minimum Gasteiger partial charge on any atom is -0.438 e. The third-order valence-corrected chi connectivity index (χ3v) is 5.33. The number of hydrogen-bond donors (Lipinski definition) is 0. The van der Waals surface area contributed by atoms with E-state index in [0.29, 0.717) is 11.8 Å². The maximum Gasteiger partial charge on any atom is 0.307 e. The van der Waals surface area contributed by atoms with Gasteiger partial charge in [0.15, 0.2) is 6.79 Å². The average Bonchev–Trinajstić information content (AvgIpc) is 2.33. The highest BCUT2D eigenvalue weighted by Crippen LogP contribution is 2.59. The Hall–Kier alpha value is -0.570. The van der Waals surface area contributed by atoms with Gasteiger partial charge in [-0.1, -0.05) is 6.92 Å². The fourth-order valence-corrected chi connectivity index (χ4v) is 5.11. The maximum atomic E-state index is 11.3. The number of hydrogen-bond acceptors (Lipinski definition) is 3. The van der Waals surface area contributed by atoms with E-state index >= 15 is 0 Å². The van der Waals surface area contributed by atoms with Crippen LogP contribution in [-0.4, -0.2) is 19.4 Å². The van der Waals surface area contributed by atoms with Gasteiger partial charge in [0.05, 0.1) is 6.61 Å². The van der Waals surface area contributed by atoms with Crippen molar-refractivity contribution < 1.29 is 14.3 Å². The molecule has 19 heavy (non-hydrogen) atoms. The molecule has 0 aromatic heterocycles. The van der Waals surface area contributed by atoms with Crippen molar-refractivity contribution in [3.63, 3.8) is 0 Å². The Bertz CT molecular complexity index is 302. The largest absolute Gasteiger partial charge is 0.438 e. The molecule has 3 nitrogen and oxygen atoms in total. The molecule has 4 bridgehead atoms. The van der Waals surface area contributed by atoms with Crippen molar-refractivity contribution in [2.45, 2.75) is 58.3 Å². The Morgan fingerprint density at radius 2 is 1.68 bits per heavy atom. The van der Waals surface area contributed by atoms with E-state index < -0.39 is 0 Å². The first-order chi connectivity index (χ1) is 9.19. The minimum absolute atomic E-state index is 0.131. The van der Waals surface area contributed by atoms with E-state index in [1.54, 1.807) is 0 Å². The topological polar surface area (TPSA) is 35.5 Å². The van der Waals surface area contributed by atoms with Gasteiger partial charge in [-0.15, -0.1) is 0 Å². The quantitative estimate of drug-likeness (QED) is 0.419. The Morgan fingerprint density at radius 3 is 2.21 bits per heavy atom. The predicted octanol–water partition coefficient (Wildman–Crippen LogP) is 3.52.